The summed E-state index contributed by atoms with van der Waals surface area (Å²) >= 11 is 0. The van der Waals surface area contributed by atoms with Crippen LogP contribution in [0.1, 0.15) is 18.3 Å². The molecule has 0 aliphatic carbocycles. The summed E-state index contributed by atoms with van der Waals surface area (Å²) in [6, 6.07) is 4.03. The first-order valence-electron chi connectivity index (χ1n) is 4.30. The van der Waals surface area contributed by atoms with Crippen LogP contribution in [0.4, 0.5) is 5.69 Å². The van der Waals surface area contributed by atoms with Gasteiger partial charge < -0.3 is 5.32 Å². The van der Waals surface area contributed by atoms with Gasteiger partial charge >= 0.3 is 0 Å². The highest BCUT2D eigenvalue weighted by Gasteiger charge is 1.99. The molecular weight excluding hydrogens is 160 g/mol. The summed E-state index contributed by atoms with van der Waals surface area (Å²) in [4.78, 5) is 4.28. The molecule has 68 valence electrons. The summed E-state index contributed by atoms with van der Waals surface area (Å²) < 4.78 is 0. The Morgan fingerprint density at radius 2 is 1.92 bits per heavy atom. The molecule has 1 N–H and O–H groups in total. The predicted octanol–water partition coefficient (Wildman–Crippen LogP) is 2.13. The second-order valence-electron chi connectivity index (χ2n) is 3.17. The quantitative estimate of drug-likeness (QED) is 0.695. The minimum atomic E-state index is 0.0567. The number of terminal acetylenes is 1. The molecule has 0 spiro atoms. The van der Waals surface area contributed by atoms with Gasteiger partial charge in [-0.2, -0.15) is 0 Å². The average molecular weight is 174 g/mol. The van der Waals surface area contributed by atoms with E-state index in [1.165, 1.54) is 0 Å². The van der Waals surface area contributed by atoms with Gasteiger partial charge in [-0.3, -0.25) is 4.98 Å². The van der Waals surface area contributed by atoms with Gasteiger partial charge in [-0.05, 0) is 32.9 Å². The zero-order chi connectivity index (χ0) is 9.84. The van der Waals surface area contributed by atoms with Gasteiger partial charge in [-0.15, -0.1) is 6.42 Å². The molecule has 13 heavy (non-hydrogen) atoms. The van der Waals surface area contributed by atoms with Crippen LogP contribution in [0.2, 0.25) is 0 Å². The first kappa shape index (κ1) is 9.60. The molecule has 1 atom stereocenters. The fraction of sp³-hybridized carbons (Fsp3) is 0.364. The second-order valence-corrected chi connectivity index (χ2v) is 3.17. The Labute approximate surface area is 79.4 Å². The lowest BCUT2D eigenvalue weighted by molar-refractivity contribution is 1.02. The maximum Gasteiger partial charge on any atom is 0.0845 e. The van der Waals surface area contributed by atoms with Crippen molar-refractivity contribution in [3.8, 4) is 12.3 Å². The summed E-state index contributed by atoms with van der Waals surface area (Å²) in [5, 5.41) is 3.20. The lowest BCUT2D eigenvalue weighted by Gasteiger charge is -2.10. The lowest BCUT2D eigenvalue weighted by atomic mass is 10.2. The van der Waals surface area contributed by atoms with Crippen molar-refractivity contribution in [3.63, 3.8) is 0 Å². The van der Waals surface area contributed by atoms with Gasteiger partial charge in [0.15, 0.2) is 0 Å². The minimum Gasteiger partial charge on any atom is -0.372 e. The van der Waals surface area contributed by atoms with E-state index in [9.17, 15) is 0 Å². The number of aromatic nitrogens is 1. The smallest absolute Gasteiger partial charge is 0.0845 e. The monoisotopic (exact) mass is 174 g/mol. The molecular formula is C11H14N2. The Bertz CT molecular complexity index is 316. The summed E-state index contributed by atoms with van der Waals surface area (Å²) in [6.07, 6.45) is 5.27. The van der Waals surface area contributed by atoms with Crippen molar-refractivity contribution >= 4 is 5.69 Å². The molecule has 1 aromatic heterocycles. The van der Waals surface area contributed by atoms with Crippen molar-refractivity contribution in [2.45, 2.75) is 26.8 Å². The van der Waals surface area contributed by atoms with Crippen molar-refractivity contribution in [2.75, 3.05) is 5.32 Å². The zero-order valence-corrected chi connectivity index (χ0v) is 8.26. The standard InChI is InChI=1S/C11H14N2/c1-5-8(2)13-11-6-9(3)12-10(4)7-11/h1,6-8H,2-4H3,(H,12,13). The Morgan fingerprint density at radius 3 is 2.38 bits per heavy atom. The third-order valence-electron chi connectivity index (χ3n) is 1.71. The number of nitrogens with one attached hydrogen (secondary N) is 1. The highest BCUT2D eigenvalue weighted by atomic mass is 14.9. The van der Waals surface area contributed by atoms with Crippen molar-refractivity contribution < 1.29 is 0 Å². The van der Waals surface area contributed by atoms with Crippen LogP contribution in [0.15, 0.2) is 12.1 Å². The fourth-order valence-electron chi connectivity index (χ4n) is 1.21. The van der Waals surface area contributed by atoms with Gasteiger partial charge in [0.1, 0.15) is 0 Å². The normalized spacial score (nSPS) is 11.8. The molecule has 0 aromatic carbocycles. The zero-order valence-electron chi connectivity index (χ0n) is 8.26. The molecule has 1 rings (SSSR count). The maximum atomic E-state index is 5.27. The van der Waals surface area contributed by atoms with Crippen molar-refractivity contribution in [1.82, 2.24) is 4.98 Å². The predicted molar refractivity (Wildman–Crippen MR) is 55.6 cm³/mol. The molecule has 0 saturated heterocycles. The molecule has 0 bridgehead atoms. The molecule has 1 heterocycles. The molecule has 0 radical (unpaired) electrons. The van der Waals surface area contributed by atoms with Crippen LogP contribution < -0.4 is 5.32 Å². The largest absolute Gasteiger partial charge is 0.372 e. The molecule has 1 unspecified atom stereocenters. The number of anilines is 1. The molecule has 0 amide bonds. The Morgan fingerprint density at radius 1 is 1.38 bits per heavy atom. The van der Waals surface area contributed by atoms with Crippen molar-refractivity contribution in [1.29, 1.82) is 0 Å². The first-order chi connectivity index (χ1) is 6.11. The van der Waals surface area contributed by atoms with Gasteiger partial charge in [-0.1, -0.05) is 5.92 Å². The van der Waals surface area contributed by atoms with Crippen molar-refractivity contribution in [2.24, 2.45) is 0 Å². The molecule has 0 aliphatic rings. The van der Waals surface area contributed by atoms with Gasteiger partial charge in [-0.25, -0.2) is 0 Å². The van der Waals surface area contributed by atoms with Crippen LogP contribution in [0.25, 0.3) is 0 Å². The van der Waals surface area contributed by atoms with Crippen LogP contribution in [0.5, 0.6) is 0 Å². The van der Waals surface area contributed by atoms with E-state index >= 15 is 0 Å². The van der Waals surface area contributed by atoms with Crippen molar-refractivity contribution in [3.05, 3.63) is 23.5 Å². The third kappa shape index (κ3) is 2.79. The van der Waals surface area contributed by atoms with Crippen LogP contribution in [0, 0.1) is 26.2 Å². The van der Waals surface area contributed by atoms with Crippen LogP contribution >= 0.6 is 0 Å². The molecule has 2 nitrogen and oxygen atoms in total. The summed E-state index contributed by atoms with van der Waals surface area (Å²) in [7, 11) is 0. The molecule has 0 fully saturated rings. The molecule has 0 aliphatic heterocycles. The van der Waals surface area contributed by atoms with E-state index < -0.39 is 0 Å². The van der Waals surface area contributed by atoms with Crippen LogP contribution in [0.3, 0.4) is 0 Å². The Hall–Kier alpha value is -1.49. The Kier molecular flexibility index (Phi) is 2.92. The highest BCUT2D eigenvalue weighted by Crippen LogP contribution is 2.11. The maximum absolute atomic E-state index is 5.27. The van der Waals surface area contributed by atoms with Gasteiger partial charge in [0, 0.05) is 17.1 Å². The fourth-order valence-corrected chi connectivity index (χ4v) is 1.21. The number of pyridine rings is 1. The lowest BCUT2D eigenvalue weighted by Crippen LogP contribution is -2.12. The van der Waals surface area contributed by atoms with E-state index in [0.717, 1.165) is 17.1 Å². The highest BCUT2D eigenvalue weighted by molar-refractivity contribution is 5.47. The second kappa shape index (κ2) is 3.95. The third-order valence-corrected chi connectivity index (χ3v) is 1.71. The Balaban J connectivity index is 2.84. The number of rotatable bonds is 2. The van der Waals surface area contributed by atoms with E-state index in [2.05, 4.69) is 16.2 Å². The van der Waals surface area contributed by atoms with Crippen LogP contribution in [-0.4, -0.2) is 11.0 Å². The summed E-state index contributed by atoms with van der Waals surface area (Å²) in [5.74, 6) is 2.62. The first-order valence-corrected chi connectivity index (χ1v) is 4.30. The minimum absolute atomic E-state index is 0.0567. The van der Waals surface area contributed by atoms with E-state index in [0.29, 0.717) is 0 Å². The molecule has 1 aromatic rings. The van der Waals surface area contributed by atoms with E-state index in [1.807, 2.05) is 32.9 Å². The average Bonchev–Trinajstić information content (AvgIpc) is 2.02. The van der Waals surface area contributed by atoms with E-state index in [1.54, 1.807) is 0 Å². The SMILES string of the molecule is C#CC(C)Nc1cc(C)nc(C)c1. The summed E-state index contributed by atoms with van der Waals surface area (Å²) in [5.41, 5.74) is 3.05. The summed E-state index contributed by atoms with van der Waals surface area (Å²) in [6.45, 7) is 5.89. The topological polar surface area (TPSA) is 24.9 Å². The van der Waals surface area contributed by atoms with Gasteiger partial charge in [0.2, 0.25) is 0 Å². The number of hydrogen-bond donors (Lipinski definition) is 1. The number of aryl methyl sites for hydroxylation is 2. The van der Waals surface area contributed by atoms with E-state index in [-0.39, 0.29) is 6.04 Å². The number of hydrogen-bond acceptors (Lipinski definition) is 2. The number of nitrogens with zero attached hydrogens (tertiary/aromatic N) is 1. The molecule has 2 heteroatoms. The molecule has 0 saturated carbocycles. The van der Waals surface area contributed by atoms with Gasteiger partial charge in [0.25, 0.3) is 0 Å². The van der Waals surface area contributed by atoms with Crippen LogP contribution in [-0.2, 0) is 0 Å². The van der Waals surface area contributed by atoms with E-state index in [4.69, 9.17) is 6.42 Å². The van der Waals surface area contributed by atoms with Gasteiger partial charge in [0.05, 0.1) is 6.04 Å².